The zero-order valence-corrected chi connectivity index (χ0v) is 19.7. The molecular formula is C27H27N3O4. The Balaban J connectivity index is 1.84. The van der Waals surface area contributed by atoms with E-state index in [0.717, 1.165) is 23.2 Å². The van der Waals surface area contributed by atoms with Gasteiger partial charge in [-0.15, -0.1) is 0 Å². The minimum atomic E-state index is -0.446. The summed E-state index contributed by atoms with van der Waals surface area (Å²) in [6.07, 6.45) is 2.23. The lowest BCUT2D eigenvalue weighted by atomic mass is 10.0. The van der Waals surface area contributed by atoms with E-state index in [0.29, 0.717) is 0 Å². The molecule has 0 aliphatic heterocycles. The van der Waals surface area contributed by atoms with Gasteiger partial charge in [0.25, 0.3) is 11.5 Å². The van der Waals surface area contributed by atoms with Crippen molar-refractivity contribution >= 4 is 17.4 Å². The molecule has 3 aromatic rings. The van der Waals surface area contributed by atoms with Crippen LogP contribution in [-0.2, 0) is 11.2 Å². The predicted octanol–water partition coefficient (Wildman–Crippen LogP) is 4.42. The Morgan fingerprint density at radius 3 is 2.56 bits per heavy atom. The summed E-state index contributed by atoms with van der Waals surface area (Å²) in [4.78, 5) is 38.3. The molecule has 1 aromatic heterocycles. The topological polar surface area (TPSA) is 101 Å². The zero-order chi connectivity index (χ0) is 24.8. The van der Waals surface area contributed by atoms with Gasteiger partial charge in [0.1, 0.15) is 17.4 Å². The normalized spacial score (nSPS) is 10.6. The number of carbonyl (C=O) groups excluding carboxylic acids is 2. The fourth-order valence-electron chi connectivity index (χ4n) is 3.65. The van der Waals surface area contributed by atoms with Gasteiger partial charge in [0, 0.05) is 23.5 Å². The molecule has 7 nitrogen and oxygen atoms in total. The van der Waals surface area contributed by atoms with E-state index in [2.05, 4.69) is 5.32 Å². The second-order valence-electron chi connectivity index (χ2n) is 8.19. The summed E-state index contributed by atoms with van der Waals surface area (Å²) in [6.45, 7) is 7.26. The van der Waals surface area contributed by atoms with Crippen molar-refractivity contribution in [1.29, 1.82) is 5.26 Å². The van der Waals surface area contributed by atoms with Crippen LogP contribution in [0.5, 0.6) is 5.75 Å². The minimum absolute atomic E-state index is 0.109. The van der Waals surface area contributed by atoms with Crippen LogP contribution in [0.3, 0.4) is 0 Å². The molecule has 0 fully saturated rings. The van der Waals surface area contributed by atoms with Crippen molar-refractivity contribution in [3.8, 4) is 11.8 Å². The lowest BCUT2D eigenvalue weighted by Gasteiger charge is -2.15. The van der Waals surface area contributed by atoms with Crippen LogP contribution in [0, 0.1) is 18.3 Å². The van der Waals surface area contributed by atoms with E-state index in [1.165, 1.54) is 16.8 Å². The van der Waals surface area contributed by atoms with Gasteiger partial charge < -0.3 is 14.6 Å². The molecular weight excluding hydrogens is 430 g/mol. The molecule has 0 aliphatic rings. The van der Waals surface area contributed by atoms with Crippen LogP contribution in [0.4, 0.5) is 5.69 Å². The highest BCUT2D eigenvalue weighted by atomic mass is 16.5. The maximum Gasteiger partial charge on any atom is 0.268 e. The number of rotatable bonds is 8. The molecule has 0 atom stereocenters. The minimum Gasteiger partial charge on any atom is -0.483 e. The first-order valence-electron chi connectivity index (χ1n) is 11.1. The number of nitrogens with zero attached hydrogens (tertiary/aromatic N) is 2. The smallest absolute Gasteiger partial charge is 0.268 e. The molecule has 3 rings (SSSR count). The Morgan fingerprint density at radius 2 is 1.88 bits per heavy atom. The Labute approximate surface area is 198 Å². The van der Waals surface area contributed by atoms with Crippen molar-refractivity contribution in [1.82, 2.24) is 4.57 Å². The van der Waals surface area contributed by atoms with Gasteiger partial charge in [0.05, 0.1) is 5.56 Å². The van der Waals surface area contributed by atoms with Crippen molar-refractivity contribution in [2.75, 3.05) is 11.9 Å². The van der Waals surface area contributed by atoms with Gasteiger partial charge in [-0.2, -0.15) is 5.26 Å². The first kappa shape index (κ1) is 24.5. The Hall–Kier alpha value is -4.18. The second-order valence-corrected chi connectivity index (χ2v) is 8.19. The van der Waals surface area contributed by atoms with Crippen LogP contribution in [0.1, 0.15) is 59.4 Å². The van der Waals surface area contributed by atoms with Crippen LogP contribution < -0.4 is 15.6 Å². The van der Waals surface area contributed by atoms with Gasteiger partial charge in [-0.05, 0) is 56.5 Å². The molecule has 1 N–H and O–H groups in total. The molecule has 0 radical (unpaired) electrons. The van der Waals surface area contributed by atoms with E-state index in [1.54, 1.807) is 38.1 Å². The third kappa shape index (κ3) is 5.24. The molecule has 0 unspecified atom stereocenters. The summed E-state index contributed by atoms with van der Waals surface area (Å²) in [5.41, 5.74) is 2.62. The Kier molecular flexibility index (Phi) is 7.64. The van der Waals surface area contributed by atoms with E-state index in [4.69, 9.17) is 4.74 Å². The molecule has 2 aromatic carbocycles. The molecule has 0 bridgehead atoms. The summed E-state index contributed by atoms with van der Waals surface area (Å²) in [5, 5.41) is 12.2. The van der Waals surface area contributed by atoms with Gasteiger partial charge >= 0.3 is 0 Å². The molecule has 1 amide bonds. The number of amides is 1. The number of benzene rings is 2. The number of carbonyl (C=O) groups is 2. The lowest BCUT2D eigenvalue weighted by molar-refractivity contribution is -0.118. The number of nitriles is 1. The number of para-hydroxylation sites is 2. The molecule has 174 valence electrons. The van der Waals surface area contributed by atoms with E-state index in [-0.39, 0.29) is 41.0 Å². The van der Waals surface area contributed by atoms with E-state index >= 15 is 0 Å². The van der Waals surface area contributed by atoms with Gasteiger partial charge in [-0.1, -0.05) is 37.3 Å². The SMILES string of the molecule is CCc1cccc(C)c1NC(=O)COc1ccccc1C(=O)c1cc(C#N)c(=O)n(C(C)C)c1. The summed E-state index contributed by atoms with van der Waals surface area (Å²) in [7, 11) is 0. The lowest BCUT2D eigenvalue weighted by Crippen LogP contribution is -2.25. The van der Waals surface area contributed by atoms with Crippen molar-refractivity contribution < 1.29 is 14.3 Å². The fourth-order valence-corrected chi connectivity index (χ4v) is 3.65. The number of hydrogen-bond donors (Lipinski definition) is 1. The Morgan fingerprint density at radius 1 is 1.15 bits per heavy atom. The van der Waals surface area contributed by atoms with Gasteiger partial charge in [0.15, 0.2) is 12.4 Å². The third-order valence-electron chi connectivity index (χ3n) is 5.48. The van der Waals surface area contributed by atoms with Crippen LogP contribution >= 0.6 is 0 Å². The molecule has 0 saturated carbocycles. The number of ether oxygens (including phenoxy) is 1. The monoisotopic (exact) mass is 457 g/mol. The van der Waals surface area contributed by atoms with Crippen LogP contribution in [0.15, 0.2) is 59.5 Å². The summed E-state index contributed by atoms with van der Waals surface area (Å²) in [6, 6.07) is 15.3. The van der Waals surface area contributed by atoms with Crippen molar-refractivity contribution in [2.45, 2.75) is 40.2 Å². The summed E-state index contributed by atoms with van der Waals surface area (Å²) >= 11 is 0. The molecule has 7 heteroatoms. The first-order chi connectivity index (χ1) is 16.3. The average molecular weight is 458 g/mol. The van der Waals surface area contributed by atoms with Gasteiger partial charge in [0.2, 0.25) is 0 Å². The van der Waals surface area contributed by atoms with E-state index in [1.807, 2.05) is 38.1 Å². The van der Waals surface area contributed by atoms with E-state index < -0.39 is 11.3 Å². The third-order valence-corrected chi connectivity index (χ3v) is 5.48. The maximum atomic E-state index is 13.3. The van der Waals surface area contributed by atoms with E-state index in [9.17, 15) is 19.6 Å². The van der Waals surface area contributed by atoms with Crippen LogP contribution in [0.25, 0.3) is 0 Å². The molecule has 1 heterocycles. The number of pyridine rings is 1. The zero-order valence-electron chi connectivity index (χ0n) is 19.7. The van der Waals surface area contributed by atoms with Crippen molar-refractivity contribution in [2.24, 2.45) is 0 Å². The molecule has 34 heavy (non-hydrogen) atoms. The number of ketones is 1. The second kappa shape index (κ2) is 10.6. The quantitative estimate of drug-likeness (QED) is 0.505. The largest absolute Gasteiger partial charge is 0.483 e. The number of aryl methyl sites for hydroxylation is 2. The van der Waals surface area contributed by atoms with Gasteiger partial charge in [-0.3, -0.25) is 14.4 Å². The number of hydrogen-bond acceptors (Lipinski definition) is 5. The number of nitrogens with one attached hydrogen (secondary N) is 1. The van der Waals surface area contributed by atoms with Gasteiger partial charge in [-0.25, -0.2) is 0 Å². The van der Waals surface area contributed by atoms with Crippen molar-refractivity contribution in [3.05, 3.63) is 92.9 Å². The highest BCUT2D eigenvalue weighted by Gasteiger charge is 2.19. The highest BCUT2D eigenvalue weighted by Crippen LogP contribution is 2.23. The molecule has 0 saturated heterocycles. The average Bonchev–Trinajstić information content (AvgIpc) is 2.83. The number of anilines is 1. The predicted molar refractivity (Wildman–Crippen MR) is 130 cm³/mol. The molecule has 0 spiro atoms. The fraction of sp³-hybridized carbons (Fsp3) is 0.259. The van der Waals surface area contributed by atoms with Crippen LogP contribution in [0.2, 0.25) is 0 Å². The summed E-state index contributed by atoms with van der Waals surface area (Å²) < 4.78 is 7.08. The first-order valence-corrected chi connectivity index (χ1v) is 11.1. The number of aromatic nitrogens is 1. The summed E-state index contributed by atoms with van der Waals surface area (Å²) in [5.74, 6) is -0.510. The van der Waals surface area contributed by atoms with Crippen molar-refractivity contribution in [3.63, 3.8) is 0 Å². The maximum absolute atomic E-state index is 13.3. The molecule has 0 aliphatic carbocycles. The standard InChI is InChI=1S/C27H27N3O4/c1-5-19-10-8-9-18(4)25(19)29-24(31)16-34-23-12-7-6-11-22(23)26(32)21-13-20(14-28)27(33)30(15-21)17(2)3/h6-13,15,17H,5,16H2,1-4H3,(H,29,31). The Bertz CT molecular complexity index is 1330. The van der Waals surface area contributed by atoms with Crippen LogP contribution in [-0.4, -0.2) is 22.9 Å². The highest BCUT2D eigenvalue weighted by molar-refractivity contribution is 6.10.